The molecule has 1 aliphatic heterocycles. The number of imide groups is 1. The lowest BCUT2D eigenvalue weighted by molar-refractivity contribution is 0.0479. The van der Waals surface area contributed by atoms with Crippen LogP contribution in [0.3, 0.4) is 0 Å². The van der Waals surface area contributed by atoms with Crippen molar-refractivity contribution in [2.75, 3.05) is 6.54 Å². The predicted molar refractivity (Wildman–Crippen MR) is 71.7 cm³/mol. The lowest BCUT2D eigenvalue weighted by Crippen LogP contribution is -2.47. The second kappa shape index (κ2) is 4.78. The SMILES string of the molecule is NCC1CCCCC1N1C(=O)c2ccccc2C1=O. The van der Waals surface area contributed by atoms with E-state index in [2.05, 4.69) is 0 Å². The van der Waals surface area contributed by atoms with Crippen LogP contribution in [0.2, 0.25) is 0 Å². The Bertz CT molecular complexity index is 492. The van der Waals surface area contributed by atoms with Gasteiger partial charge < -0.3 is 5.73 Å². The van der Waals surface area contributed by atoms with Gasteiger partial charge in [-0.2, -0.15) is 0 Å². The normalized spacial score (nSPS) is 26.7. The number of amides is 2. The van der Waals surface area contributed by atoms with Crippen LogP contribution in [-0.4, -0.2) is 29.3 Å². The van der Waals surface area contributed by atoms with Crippen molar-refractivity contribution in [2.24, 2.45) is 11.7 Å². The summed E-state index contributed by atoms with van der Waals surface area (Å²) in [6.07, 6.45) is 4.10. The number of hydrogen-bond acceptors (Lipinski definition) is 3. The molecule has 4 nitrogen and oxygen atoms in total. The number of carbonyl (C=O) groups excluding carboxylic acids is 2. The Morgan fingerprint density at radius 2 is 1.63 bits per heavy atom. The summed E-state index contributed by atoms with van der Waals surface area (Å²) < 4.78 is 0. The quantitative estimate of drug-likeness (QED) is 0.823. The average molecular weight is 258 g/mol. The van der Waals surface area contributed by atoms with E-state index in [0.29, 0.717) is 17.7 Å². The Labute approximate surface area is 112 Å². The van der Waals surface area contributed by atoms with Crippen molar-refractivity contribution in [1.82, 2.24) is 4.90 Å². The Kier molecular flexibility index (Phi) is 3.11. The molecule has 2 amide bonds. The van der Waals surface area contributed by atoms with Gasteiger partial charge in [0.2, 0.25) is 0 Å². The van der Waals surface area contributed by atoms with Gasteiger partial charge >= 0.3 is 0 Å². The first kappa shape index (κ1) is 12.4. The minimum absolute atomic E-state index is 0.0221. The summed E-state index contributed by atoms with van der Waals surface area (Å²) >= 11 is 0. The number of hydrogen-bond donors (Lipinski definition) is 1. The van der Waals surface area contributed by atoms with Crippen molar-refractivity contribution in [3.8, 4) is 0 Å². The van der Waals surface area contributed by atoms with Crippen LogP contribution in [0.25, 0.3) is 0 Å². The molecule has 1 aliphatic carbocycles. The third kappa shape index (κ3) is 1.87. The van der Waals surface area contributed by atoms with Crippen LogP contribution in [0.15, 0.2) is 24.3 Å². The van der Waals surface area contributed by atoms with Crippen molar-refractivity contribution in [3.63, 3.8) is 0 Å². The fourth-order valence-electron chi connectivity index (χ4n) is 3.31. The zero-order valence-corrected chi connectivity index (χ0v) is 10.8. The number of nitrogens with zero attached hydrogens (tertiary/aromatic N) is 1. The first-order valence-electron chi connectivity index (χ1n) is 6.91. The van der Waals surface area contributed by atoms with Gasteiger partial charge in [0.15, 0.2) is 0 Å². The summed E-state index contributed by atoms with van der Waals surface area (Å²) in [5.74, 6) is -0.0483. The summed E-state index contributed by atoms with van der Waals surface area (Å²) in [6.45, 7) is 0.540. The molecule has 0 radical (unpaired) electrons. The van der Waals surface area contributed by atoms with Gasteiger partial charge in [0.25, 0.3) is 11.8 Å². The van der Waals surface area contributed by atoms with Crippen molar-refractivity contribution in [2.45, 2.75) is 31.7 Å². The highest BCUT2D eigenvalue weighted by Gasteiger charge is 2.42. The van der Waals surface area contributed by atoms with Crippen LogP contribution in [0, 0.1) is 5.92 Å². The first-order chi connectivity index (χ1) is 9.24. The topological polar surface area (TPSA) is 63.4 Å². The van der Waals surface area contributed by atoms with E-state index in [-0.39, 0.29) is 23.8 Å². The third-order valence-corrected chi connectivity index (χ3v) is 4.33. The maximum atomic E-state index is 12.4. The second-order valence-electron chi connectivity index (χ2n) is 5.37. The molecule has 2 aliphatic rings. The molecule has 1 aromatic rings. The smallest absolute Gasteiger partial charge is 0.261 e. The van der Waals surface area contributed by atoms with E-state index >= 15 is 0 Å². The molecule has 100 valence electrons. The maximum absolute atomic E-state index is 12.4. The maximum Gasteiger partial charge on any atom is 0.261 e. The van der Waals surface area contributed by atoms with Crippen LogP contribution in [0.4, 0.5) is 0 Å². The van der Waals surface area contributed by atoms with Gasteiger partial charge in [-0.05, 0) is 37.4 Å². The average Bonchev–Trinajstić information content (AvgIpc) is 2.71. The van der Waals surface area contributed by atoms with Crippen molar-refractivity contribution < 1.29 is 9.59 Å². The summed E-state index contributed by atoms with van der Waals surface area (Å²) in [5, 5.41) is 0. The third-order valence-electron chi connectivity index (χ3n) is 4.33. The number of rotatable bonds is 2. The molecule has 4 heteroatoms. The highest BCUT2D eigenvalue weighted by atomic mass is 16.2. The zero-order valence-electron chi connectivity index (χ0n) is 10.8. The fourth-order valence-corrected chi connectivity index (χ4v) is 3.31. The molecule has 0 bridgehead atoms. The van der Waals surface area contributed by atoms with E-state index in [1.54, 1.807) is 24.3 Å². The highest BCUT2D eigenvalue weighted by Crippen LogP contribution is 2.33. The van der Waals surface area contributed by atoms with Gasteiger partial charge in [-0.15, -0.1) is 0 Å². The highest BCUT2D eigenvalue weighted by molar-refractivity contribution is 6.21. The molecule has 1 saturated carbocycles. The fraction of sp³-hybridized carbons (Fsp3) is 0.467. The molecule has 2 unspecified atom stereocenters. The Morgan fingerprint density at radius 1 is 1.05 bits per heavy atom. The second-order valence-corrected chi connectivity index (χ2v) is 5.37. The minimum Gasteiger partial charge on any atom is -0.330 e. The molecular formula is C15H18N2O2. The van der Waals surface area contributed by atoms with E-state index in [0.717, 1.165) is 25.7 Å². The Hall–Kier alpha value is -1.68. The van der Waals surface area contributed by atoms with E-state index in [4.69, 9.17) is 5.73 Å². The summed E-state index contributed by atoms with van der Waals surface area (Å²) in [6, 6.07) is 7.04. The first-order valence-corrected chi connectivity index (χ1v) is 6.91. The molecule has 1 aromatic carbocycles. The number of benzene rings is 1. The molecule has 1 heterocycles. The monoisotopic (exact) mass is 258 g/mol. The predicted octanol–water partition coefficient (Wildman–Crippen LogP) is 1.80. The Morgan fingerprint density at radius 3 is 2.21 bits per heavy atom. The molecular weight excluding hydrogens is 240 g/mol. The van der Waals surface area contributed by atoms with E-state index in [1.807, 2.05) is 0 Å². The van der Waals surface area contributed by atoms with Crippen LogP contribution < -0.4 is 5.73 Å². The standard InChI is InChI=1S/C15H18N2O2/c16-9-10-5-1-4-8-13(10)17-14(18)11-6-2-3-7-12(11)15(17)19/h2-3,6-7,10,13H,1,4-5,8-9,16H2. The van der Waals surface area contributed by atoms with Crippen molar-refractivity contribution in [3.05, 3.63) is 35.4 Å². The van der Waals surface area contributed by atoms with Gasteiger partial charge in [-0.25, -0.2) is 0 Å². The number of nitrogens with two attached hydrogens (primary N) is 1. The van der Waals surface area contributed by atoms with Gasteiger partial charge in [0.1, 0.15) is 0 Å². The van der Waals surface area contributed by atoms with E-state index in [9.17, 15) is 9.59 Å². The largest absolute Gasteiger partial charge is 0.330 e. The minimum atomic E-state index is -0.147. The summed E-state index contributed by atoms with van der Waals surface area (Å²) in [5.41, 5.74) is 6.88. The number of fused-ring (bicyclic) bond motifs is 1. The molecule has 1 fully saturated rings. The molecule has 0 saturated heterocycles. The molecule has 3 rings (SSSR count). The lowest BCUT2D eigenvalue weighted by Gasteiger charge is -2.36. The van der Waals surface area contributed by atoms with Crippen molar-refractivity contribution >= 4 is 11.8 Å². The van der Waals surface area contributed by atoms with Gasteiger partial charge in [-0.3, -0.25) is 14.5 Å². The van der Waals surface area contributed by atoms with Gasteiger partial charge in [0.05, 0.1) is 11.1 Å². The van der Waals surface area contributed by atoms with Crippen LogP contribution in [-0.2, 0) is 0 Å². The molecule has 2 N–H and O–H groups in total. The zero-order chi connectivity index (χ0) is 13.4. The molecule has 19 heavy (non-hydrogen) atoms. The van der Waals surface area contributed by atoms with Crippen molar-refractivity contribution in [1.29, 1.82) is 0 Å². The molecule has 0 spiro atoms. The van der Waals surface area contributed by atoms with Crippen LogP contribution in [0.1, 0.15) is 46.4 Å². The molecule has 2 atom stereocenters. The Balaban J connectivity index is 1.95. The van der Waals surface area contributed by atoms with Gasteiger partial charge in [0, 0.05) is 6.04 Å². The van der Waals surface area contributed by atoms with Gasteiger partial charge in [-0.1, -0.05) is 25.0 Å². The van der Waals surface area contributed by atoms with E-state index < -0.39 is 0 Å². The molecule has 0 aromatic heterocycles. The number of carbonyl (C=O) groups is 2. The van der Waals surface area contributed by atoms with Crippen LogP contribution >= 0.6 is 0 Å². The lowest BCUT2D eigenvalue weighted by atomic mass is 9.83. The summed E-state index contributed by atoms with van der Waals surface area (Å²) in [4.78, 5) is 26.3. The summed E-state index contributed by atoms with van der Waals surface area (Å²) in [7, 11) is 0. The van der Waals surface area contributed by atoms with E-state index in [1.165, 1.54) is 4.90 Å². The van der Waals surface area contributed by atoms with Crippen LogP contribution in [0.5, 0.6) is 0 Å².